The van der Waals surface area contributed by atoms with Crippen LogP contribution in [0.3, 0.4) is 0 Å². The van der Waals surface area contributed by atoms with Gasteiger partial charge in [0.05, 0.1) is 16.5 Å². The third kappa shape index (κ3) is 3.92. The minimum atomic E-state index is -4.46. The van der Waals surface area contributed by atoms with Crippen LogP contribution in [-0.4, -0.2) is 10.9 Å². The molecule has 7 heteroatoms. The molecule has 0 fully saturated rings. The maximum absolute atomic E-state index is 12.6. The van der Waals surface area contributed by atoms with Crippen molar-refractivity contribution < 1.29 is 18.0 Å². The Morgan fingerprint density at radius 3 is 2.47 bits per heavy atom. The van der Waals surface area contributed by atoms with Crippen molar-refractivity contribution in [1.82, 2.24) is 0 Å². The second-order valence-electron chi connectivity index (χ2n) is 4.14. The Kier molecular flexibility index (Phi) is 4.52. The highest BCUT2D eigenvalue weighted by molar-refractivity contribution is 7.80. The van der Waals surface area contributed by atoms with E-state index >= 15 is 0 Å². The van der Waals surface area contributed by atoms with Crippen LogP contribution in [0.5, 0.6) is 0 Å². The quantitative estimate of drug-likeness (QED) is 0.842. The molecule has 0 saturated heterocycles. The van der Waals surface area contributed by atoms with E-state index in [0.717, 1.165) is 12.1 Å². The standard InChI is InChI=1S/C12H13F3N2OS/c1-6-3-4-8(12(13,14)15)5-9(6)17-11(18)7(2)10(16)19/h3-5,7H,1-2H3,(H2,16,19)(H,17,18). The largest absolute Gasteiger partial charge is 0.416 e. The minimum Gasteiger partial charge on any atom is -0.393 e. The maximum atomic E-state index is 12.6. The van der Waals surface area contributed by atoms with Crippen molar-refractivity contribution in [2.24, 2.45) is 11.7 Å². The Morgan fingerprint density at radius 2 is 2.00 bits per heavy atom. The number of carbonyl (C=O) groups excluding carboxylic acids is 1. The van der Waals surface area contributed by atoms with Gasteiger partial charge in [0.15, 0.2) is 0 Å². The third-order valence-electron chi connectivity index (χ3n) is 2.64. The number of hydrogen-bond acceptors (Lipinski definition) is 2. The van der Waals surface area contributed by atoms with E-state index in [-0.39, 0.29) is 10.7 Å². The lowest BCUT2D eigenvalue weighted by Gasteiger charge is -2.14. The molecule has 0 radical (unpaired) electrons. The predicted molar refractivity (Wildman–Crippen MR) is 70.8 cm³/mol. The first-order valence-corrected chi connectivity index (χ1v) is 5.81. The molecule has 1 unspecified atom stereocenters. The van der Waals surface area contributed by atoms with E-state index in [9.17, 15) is 18.0 Å². The fraction of sp³-hybridized carbons (Fsp3) is 0.333. The van der Waals surface area contributed by atoms with Crippen molar-refractivity contribution in [3.05, 3.63) is 29.3 Å². The zero-order valence-corrected chi connectivity index (χ0v) is 11.2. The van der Waals surface area contributed by atoms with E-state index in [4.69, 9.17) is 5.73 Å². The fourth-order valence-corrected chi connectivity index (χ4v) is 1.41. The molecule has 19 heavy (non-hydrogen) atoms. The number of nitrogens with two attached hydrogens (primary N) is 1. The molecule has 0 spiro atoms. The van der Waals surface area contributed by atoms with Crippen molar-refractivity contribution in [2.45, 2.75) is 20.0 Å². The van der Waals surface area contributed by atoms with Gasteiger partial charge in [0.25, 0.3) is 0 Å². The van der Waals surface area contributed by atoms with Gasteiger partial charge in [-0.15, -0.1) is 0 Å². The number of rotatable bonds is 3. The van der Waals surface area contributed by atoms with Crippen LogP contribution >= 0.6 is 12.2 Å². The predicted octanol–water partition coefficient (Wildman–Crippen LogP) is 2.87. The summed E-state index contributed by atoms with van der Waals surface area (Å²) >= 11 is 4.67. The first-order chi connectivity index (χ1) is 8.62. The molecule has 0 aliphatic carbocycles. The number of aryl methyl sites for hydroxylation is 1. The van der Waals surface area contributed by atoms with Crippen LogP contribution in [-0.2, 0) is 11.0 Å². The molecule has 0 aliphatic rings. The molecule has 0 heterocycles. The van der Waals surface area contributed by atoms with Crippen LogP contribution in [0.15, 0.2) is 18.2 Å². The second-order valence-corrected chi connectivity index (χ2v) is 4.61. The fourth-order valence-electron chi connectivity index (χ4n) is 1.30. The second kappa shape index (κ2) is 5.56. The highest BCUT2D eigenvalue weighted by atomic mass is 32.1. The lowest BCUT2D eigenvalue weighted by molar-refractivity contribution is -0.137. The van der Waals surface area contributed by atoms with Gasteiger partial charge < -0.3 is 11.1 Å². The molecule has 0 aliphatic heterocycles. The topological polar surface area (TPSA) is 55.1 Å². The molecule has 1 aromatic carbocycles. The summed E-state index contributed by atoms with van der Waals surface area (Å²) in [6.45, 7) is 3.09. The molecule has 1 amide bonds. The normalized spacial score (nSPS) is 12.9. The van der Waals surface area contributed by atoms with Crippen molar-refractivity contribution in [3.63, 3.8) is 0 Å². The molecular formula is C12H13F3N2OS. The lowest BCUT2D eigenvalue weighted by Crippen LogP contribution is -2.31. The molecule has 3 nitrogen and oxygen atoms in total. The van der Waals surface area contributed by atoms with Gasteiger partial charge >= 0.3 is 6.18 Å². The number of benzene rings is 1. The van der Waals surface area contributed by atoms with Crippen LogP contribution in [0.1, 0.15) is 18.1 Å². The monoisotopic (exact) mass is 290 g/mol. The number of amides is 1. The Bertz CT molecular complexity index is 514. The van der Waals surface area contributed by atoms with Gasteiger partial charge in [0.2, 0.25) is 5.91 Å². The average molecular weight is 290 g/mol. The van der Waals surface area contributed by atoms with E-state index in [0.29, 0.717) is 5.56 Å². The lowest BCUT2D eigenvalue weighted by atomic mass is 10.1. The van der Waals surface area contributed by atoms with Gasteiger partial charge in [0, 0.05) is 5.69 Å². The molecule has 0 bridgehead atoms. The van der Waals surface area contributed by atoms with Gasteiger partial charge in [0.1, 0.15) is 0 Å². The van der Waals surface area contributed by atoms with Gasteiger partial charge in [-0.3, -0.25) is 4.79 Å². The number of nitrogens with one attached hydrogen (secondary N) is 1. The minimum absolute atomic E-state index is 0.0119. The van der Waals surface area contributed by atoms with Crippen LogP contribution in [0, 0.1) is 12.8 Å². The summed E-state index contributed by atoms with van der Waals surface area (Å²) in [6, 6.07) is 3.14. The summed E-state index contributed by atoms with van der Waals surface area (Å²) in [7, 11) is 0. The molecular weight excluding hydrogens is 277 g/mol. The maximum Gasteiger partial charge on any atom is 0.416 e. The summed E-state index contributed by atoms with van der Waals surface area (Å²) in [6.07, 6.45) is -4.46. The van der Waals surface area contributed by atoms with E-state index in [2.05, 4.69) is 17.5 Å². The Balaban J connectivity index is 3.01. The van der Waals surface area contributed by atoms with E-state index < -0.39 is 23.6 Å². The first-order valence-electron chi connectivity index (χ1n) is 5.41. The highest BCUT2D eigenvalue weighted by Crippen LogP contribution is 2.32. The van der Waals surface area contributed by atoms with Crippen LogP contribution < -0.4 is 11.1 Å². The molecule has 0 saturated carbocycles. The van der Waals surface area contributed by atoms with Crippen LogP contribution in [0.2, 0.25) is 0 Å². The highest BCUT2D eigenvalue weighted by Gasteiger charge is 2.31. The molecule has 1 aromatic rings. The van der Waals surface area contributed by atoms with E-state index in [1.165, 1.54) is 13.0 Å². The van der Waals surface area contributed by atoms with Crippen molar-refractivity contribution in [2.75, 3.05) is 5.32 Å². The molecule has 104 valence electrons. The van der Waals surface area contributed by atoms with Gasteiger partial charge in [-0.2, -0.15) is 13.2 Å². The number of anilines is 1. The molecule has 1 atom stereocenters. The zero-order valence-electron chi connectivity index (χ0n) is 10.3. The van der Waals surface area contributed by atoms with E-state index in [1.807, 2.05) is 0 Å². The Labute approximate surface area is 114 Å². The number of halogens is 3. The van der Waals surface area contributed by atoms with Crippen LogP contribution in [0.25, 0.3) is 0 Å². The molecule has 3 N–H and O–H groups in total. The zero-order chi connectivity index (χ0) is 14.8. The summed E-state index contributed by atoms with van der Waals surface area (Å²) in [5.41, 5.74) is 5.12. The van der Waals surface area contributed by atoms with Gasteiger partial charge in [-0.05, 0) is 31.5 Å². The van der Waals surface area contributed by atoms with Crippen molar-refractivity contribution in [3.8, 4) is 0 Å². The number of carbonyl (C=O) groups is 1. The van der Waals surface area contributed by atoms with Crippen LogP contribution in [0.4, 0.5) is 18.9 Å². The first kappa shape index (κ1) is 15.4. The molecule has 1 rings (SSSR count). The van der Waals surface area contributed by atoms with Gasteiger partial charge in [-0.25, -0.2) is 0 Å². The summed E-state index contributed by atoms with van der Waals surface area (Å²) < 4.78 is 37.7. The Morgan fingerprint density at radius 1 is 1.42 bits per heavy atom. The summed E-state index contributed by atoms with van der Waals surface area (Å²) in [4.78, 5) is 11.7. The number of thiocarbonyl (C=S) groups is 1. The third-order valence-corrected chi connectivity index (χ3v) is 3.00. The average Bonchev–Trinajstić information content (AvgIpc) is 2.29. The smallest absolute Gasteiger partial charge is 0.393 e. The SMILES string of the molecule is Cc1ccc(C(F)(F)F)cc1NC(=O)C(C)C(N)=S. The summed E-state index contributed by atoms with van der Waals surface area (Å²) in [5, 5.41) is 2.40. The number of hydrogen-bond donors (Lipinski definition) is 2. The summed E-state index contributed by atoms with van der Waals surface area (Å²) in [5.74, 6) is -1.28. The molecule has 0 aromatic heterocycles. The van der Waals surface area contributed by atoms with E-state index in [1.54, 1.807) is 6.92 Å². The van der Waals surface area contributed by atoms with Crippen molar-refractivity contribution >= 4 is 28.8 Å². The Hall–Kier alpha value is -1.63. The number of alkyl halides is 3. The van der Waals surface area contributed by atoms with Gasteiger partial charge in [-0.1, -0.05) is 18.3 Å². The van der Waals surface area contributed by atoms with Crippen molar-refractivity contribution in [1.29, 1.82) is 0 Å².